The van der Waals surface area contributed by atoms with E-state index in [1.54, 1.807) is 7.05 Å². The standard InChI is InChI=1S/C12H12FN3O4.C7H7FO2.C5H6ClN3O2.CH2O3.2K.H/c1-15-9(5-14-12(15)16(18)19)7-20-11-3-2-8(6-17)4-10(11)13;8-6-3-5(4-9)1-2-7(6)10;1-8-4(2-6)3-7-5(8)9(10)11;2-1-4-3;;;/h2-5,17H,6-7H2,1H3;1-3,9-10H,4H2;3H,2H2,1H3;1,3H;;;/q;;;;2*+1;-1/p-1. The van der Waals surface area contributed by atoms with Crippen LogP contribution >= 0.6 is 11.6 Å². The average molecular weight is 739 g/mol. The number of nitro groups is 2. The van der Waals surface area contributed by atoms with E-state index in [1.807, 2.05) is 0 Å². The summed E-state index contributed by atoms with van der Waals surface area (Å²) in [5, 5.41) is 55.3. The third-order valence-electron chi connectivity index (χ3n) is 5.37. The molecule has 0 radical (unpaired) electrons. The van der Waals surface area contributed by atoms with Gasteiger partial charge in [-0.1, -0.05) is 22.1 Å². The summed E-state index contributed by atoms with van der Waals surface area (Å²) in [7, 11) is 3.04. The Labute approximate surface area is 356 Å². The summed E-state index contributed by atoms with van der Waals surface area (Å²) >= 11 is 5.47. The van der Waals surface area contributed by atoms with Crippen LogP contribution in [0.4, 0.5) is 20.7 Å². The molecule has 0 bridgehead atoms. The zero-order chi connectivity index (χ0) is 34.1. The van der Waals surface area contributed by atoms with Crippen molar-refractivity contribution in [2.24, 2.45) is 14.1 Å². The average Bonchev–Trinajstić information content (AvgIpc) is 3.60. The number of imidazole rings is 2. The number of benzene rings is 2. The molecule has 3 N–H and O–H groups in total. The molecule has 0 spiro atoms. The van der Waals surface area contributed by atoms with E-state index < -0.39 is 27.2 Å². The van der Waals surface area contributed by atoms with Gasteiger partial charge in [-0.05, 0) is 45.2 Å². The number of aliphatic hydroxyl groups is 2. The molecule has 47 heavy (non-hydrogen) atoms. The number of aromatic hydroxyl groups is 1. The number of aliphatic hydroxyl groups excluding tert-OH is 2. The van der Waals surface area contributed by atoms with Crippen molar-refractivity contribution in [3.8, 4) is 11.5 Å². The predicted molar refractivity (Wildman–Crippen MR) is 148 cm³/mol. The first-order valence-corrected chi connectivity index (χ1v) is 12.6. The number of aromatic nitrogens is 4. The van der Waals surface area contributed by atoms with Crippen molar-refractivity contribution in [3.63, 3.8) is 0 Å². The number of carbonyl (C=O) groups is 1. The Morgan fingerprint density at radius 1 is 0.915 bits per heavy atom. The molecule has 0 aliphatic heterocycles. The summed E-state index contributed by atoms with van der Waals surface area (Å²) in [5.74, 6) is -1.94. The fraction of sp³-hybridized carbons (Fsp3) is 0.240. The number of rotatable bonds is 9. The zero-order valence-electron chi connectivity index (χ0n) is 26.4. The van der Waals surface area contributed by atoms with Gasteiger partial charge < -0.3 is 51.9 Å². The number of nitrogens with zero attached hydrogens (tertiary/aromatic N) is 6. The number of ether oxygens (including phenoxy) is 1. The van der Waals surface area contributed by atoms with Crippen molar-refractivity contribution < 1.29 is 158 Å². The second kappa shape index (κ2) is 25.1. The molecule has 17 nitrogen and oxygen atoms in total. The van der Waals surface area contributed by atoms with E-state index in [9.17, 15) is 29.0 Å². The van der Waals surface area contributed by atoms with Crippen LogP contribution in [-0.4, -0.2) is 50.7 Å². The molecule has 0 aliphatic carbocycles. The van der Waals surface area contributed by atoms with E-state index in [2.05, 4.69) is 14.9 Å². The fourth-order valence-electron chi connectivity index (χ4n) is 3.03. The van der Waals surface area contributed by atoms with E-state index in [4.69, 9.17) is 41.7 Å². The van der Waals surface area contributed by atoms with E-state index >= 15 is 0 Å². The first kappa shape index (κ1) is 47.1. The fourth-order valence-corrected chi connectivity index (χ4v) is 3.27. The van der Waals surface area contributed by atoms with Crippen LogP contribution < -0.4 is 113 Å². The Bertz CT molecular complexity index is 1590. The van der Waals surface area contributed by atoms with Gasteiger partial charge in [0.2, 0.25) is 0 Å². The minimum atomic E-state index is -0.702. The monoisotopic (exact) mass is 738 g/mol. The van der Waals surface area contributed by atoms with Crippen molar-refractivity contribution in [2.75, 3.05) is 0 Å². The van der Waals surface area contributed by atoms with E-state index in [1.165, 1.54) is 58.9 Å². The third-order valence-corrected chi connectivity index (χ3v) is 5.65. The number of phenolic OH excluding ortho intramolecular Hbond substituents is 1. The van der Waals surface area contributed by atoms with E-state index in [-0.39, 0.29) is 154 Å². The molecule has 0 atom stereocenters. The SMILES string of the molecule is Cn1c(CCl)cnc1[N+](=O)[O-].Cn1c(COc2ccc(CO)cc2F)cnc1[N+](=O)[O-].O=CO[O-].OCc1ccc(O)c(F)c1.[H-].[K+].[K+]. The van der Waals surface area contributed by atoms with Crippen LogP contribution in [0.5, 0.6) is 11.5 Å². The van der Waals surface area contributed by atoms with Crippen molar-refractivity contribution in [1.82, 2.24) is 19.1 Å². The molecule has 4 aromatic rings. The Morgan fingerprint density at radius 2 is 1.36 bits per heavy atom. The van der Waals surface area contributed by atoms with E-state index in [0.29, 0.717) is 22.5 Å². The quantitative estimate of drug-likeness (QED) is 0.0373. The molecule has 22 heteroatoms. The molecule has 0 unspecified atom stereocenters. The van der Waals surface area contributed by atoms with E-state index in [0.717, 1.165) is 6.07 Å². The Morgan fingerprint density at radius 3 is 1.72 bits per heavy atom. The zero-order valence-corrected chi connectivity index (χ0v) is 32.5. The molecule has 0 aliphatic rings. The summed E-state index contributed by atoms with van der Waals surface area (Å²) < 4.78 is 33.9. The maximum atomic E-state index is 13.6. The molecule has 2 aromatic heterocycles. The molecular weight excluding hydrogens is 712 g/mol. The molecule has 0 fully saturated rings. The minimum Gasteiger partial charge on any atom is -1.00 e. The first-order chi connectivity index (χ1) is 21.3. The number of halogens is 3. The van der Waals surface area contributed by atoms with Gasteiger partial charge in [-0.15, -0.1) is 11.6 Å². The summed E-state index contributed by atoms with van der Waals surface area (Å²) in [5.41, 5.74) is 1.97. The number of hydrogen-bond acceptors (Lipinski definition) is 13. The second-order valence-electron chi connectivity index (χ2n) is 8.21. The second-order valence-corrected chi connectivity index (χ2v) is 8.48. The minimum absolute atomic E-state index is 0. The summed E-state index contributed by atoms with van der Waals surface area (Å²) in [4.78, 5) is 38.2. The topological polar surface area (TPSA) is 241 Å². The maximum absolute atomic E-state index is 13.6. The van der Waals surface area contributed by atoms with Crippen LogP contribution in [0, 0.1) is 31.9 Å². The summed E-state index contributed by atoms with van der Waals surface area (Å²) in [6.45, 7) is -0.699. The van der Waals surface area contributed by atoms with Crippen LogP contribution in [-0.2, 0) is 49.5 Å². The van der Waals surface area contributed by atoms with Crippen LogP contribution in [0.15, 0.2) is 48.8 Å². The number of alkyl halides is 1. The predicted octanol–water partition coefficient (Wildman–Crippen LogP) is -3.82. The van der Waals surface area contributed by atoms with Gasteiger partial charge >= 0.3 is 115 Å². The Hall–Kier alpha value is -1.97. The molecule has 0 amide bonds. The molecule has 4 rings (SSSR count). The van der Waals surface area contributed by atoms with Gasteiger partial charge in [-0.2, -0.15) is 0 Å². The van der Waals surface area contributed by atoms with Crippen molar-refractivity contribution >= 4 is 30.0 Å². The molecule has 2 heterocycles. The Balaban J connectivity index is -0.000000620. The smallest absolute Gasteiger partial charge is 1.00 e. The van der Waals surface area contributed by atoms with Crippen molar-refractivity contribution in [3.05, 3.63) is 103 Å². The van der Waals surface area contributed by atoms with Crippen LogP contribution in [0.25, 0.3) is 0 Å². The van der Waals surface area contributed by atoms with Crippen LogP contribution in [0.3, 0.4) is 0 Å². The third kappa shape index (κ3) is 15.9. The normalized spacial score (nSPS) is 9.36. The van der Waals surface area contributed by atoms with Crippen LogP contribution in [0.1, 0.15) is 23.9 Å². The largest absolute Gasteiger partial charge is 1.00 e. The maximum Gasteiger partial charge on any atom is 1.00 e. The van der Waals surface area contributed by atoms with Gasteiger partial charge in [-0.25, -0.2) is 17.9 Å². The molecular formula is C25H27ClF2K2N6O11. The van der Waals surface area contributed by atoms with Crippen molar-refractivity contribution in [2.45, 2.75) is 25.7 Å². The van der Waals surface area contributed by atoms with Crippen LogP contribution in [0.2, 0.25) is 0 Å². The van der Waals surface area contributed by atoms with Gasteiger partial charge in [0.05, 0.1) is 33.2 Å². The van der Waals surface area contributed by atoms with Gasteiger partial charge in [-0.3, -0.25) is 4.79 Å². The molecule has 246 valence electrons. The Kier molecular flexibility index (Phi) is 25.1. The molecule has 0 saturated carbocycles. The summed E-state index contributed by atoms with van der Waals surface area (Å²) in [6, 6.07) is 7.85. The van der Waals surface area contributed by atoms with Gasteiger partial charge in [0, 0.05) is 0 Å². The van der Waals surface area contributed by atoms with Gasteiger partial charge in [0.1, 0.15) is 24.7 Å². The number of hydrogen-bond donors (Lipinski definition) is 3. The van der Waals surface area contributed by atoms with Crippen molar-refractivity contribution in [1.29, 1.82) is 0 Å². The first-order valence-electron chi connectivity index (χ1n) is 12.0. The molecule has 0 saturated heterocycles. The number of carbonyl (C=O) groups excluding carboxylic acids is 1. The van der Waals surface area contributed by atoms with Gasteiger partial charge in [0.25, 0.3) is 6.47 Å². The number of phenols is 1. The summed E-state index contributed by atoms with van der Waals surface area (Å²) in [6.07, 6.45) is 2.70. The van der Waals surface area contributed by atoms with Gasteiger partial charge in [0.15, 0.2) is 28.8 Å². The molecule has 2 aromatic carbocycles.